The van der Waals surface area contributed by atoms with Crippen LogP contribution in [0.3, 0.4) is 0 Å². The van der Waals surface area contributed by atoms with Gasteiger partial charge in [-0.25, -0.2) is 0 Å². The molecule has 0 saturated carbocycles. The predicted octanol–water partition coefficient (Wildman–Crippen LogP) is 8.06. The Morgan fingerprint density at radius 2 is 1.02 bits per heavy atom. The Morgan fingerprint density at radius 3 is 1.48 bits per heavy atom. The molecule has 11 heteroatoms. The van der Waals surface area contributed by atoms with Crippen LogP contribution in [-0.4, -0.2) is 110 Å². The summed E-state index contributed by atoms with van der Waals surface area (Å²) >= 11 is 0. The molecule has 1 heterocycles. The van der Waals surface area contributed by atoms with Crippen LogP contribution < -0.4 is 5.32 Å². The monoisotopic (exact) mass is 830 g/mol. The van der Waals surface area contributed by atoms with Gasteiger partial charge in [0.15, 0.2) is 6.29 Å². The van der Waals surface area contributed by atoms with Crippen molar-refractivity contribution in [2.75, 3.05) is 13.2 Å². The van der Waals surface area contributed by atoms with Crippen molar-refractivity contribution in [2.45, 2.75) is 268 Å². The molecule has 0 spiro atoms. The number of rotatable bonds is 40. The quantitative estimate of drug-likeness (QED) is 0.0222. The number of carbonyl (C=O) groups excluding carboxylic acids is 1. The Balaban J connectivity index is 2.41. The lowest BCUT2D eigenvalue weighted by atomic mass is 9.98. The maximum absolute atomic E-state index is 13.1. The Labute approximate surface area is 353 Å². The lowest BCUT2D eigenvalue weighted by Gasteiger charge is -2.40. The standard InChI is InChI=1S/C47H91NO10/c1-3-5-7-9-11-13-15-17-18-19-20-21-22-23-25-27-29-31-33-35-40(51)46(56)48-38(37-57-47-45(55)44(54)43(53)41(36-49)58-47)42(52)39(50)34-32-30-28-26-24-16-14-12-10-8-6-4-2/h26,28,38-45,47,49-55H,3-25,27,29-37H2,1-2H3,(H,48,56). The van der Waals surface area contributed by atoms with Crippen molar-refractivity contribution in [3.8, 4) is 0 Å². The highest BCUT2D eigenvalue weighted by atomic mass is 16.7. The van der Waals surface area contributed by atoms with Gasteiger partial charge in [0.05, 0.1) is 25.4 Å². The van der Waals surface area contributed by atoms with Gasteiger partial charge >= 0.3 is 0 Å². The van der Waals surface area contributed by atoms with Crippen LogP contribution in [0.2, 0.25) is 0 Å². The summed E-state index contributed by atoms with van der Waals surface area (Å²) in [5.41, 5.74) is 0. The lowest BCUT2D eigenvalue weighted by molar-refractivity contribution is -0.303. The van der Waals surface area contributed by atoms with Crippen molar-refractivity contribution in [3.63, 3.8) is 0 Å². The van der Waals surface area contributed by atoms with Gasteiger partial charge in [-0.1, -0.05) is 187 Å². The highest BCUT2D eigenvalue weighted by Crippen LogP contribution is 2.23. The van der Waals surface area contributed by atoms with Crippen molar-refractivity contribution in [1.82, 2.24) is 5.32 Å². The fourth-order valence-electron chi connectivity index (χ4n) is 7.79. The fourth-order valence-corrected chi connectivity index (χ4v) is 7.79. The first-order chi connectivity index (χ1) is 28.2. The molecule has 11 nitrogen and oxygen atoms in total. The first-order valence-corrected chi connectivity index (χ1v) is 24.1. The second-order valence-electron chi connectivity index (χ2n) is 17.2. The number of ether oxygens (including phenoxy) is 2. The minimum absolute atomic E-state index is 0.259. The van der Waals surface area contributed by atoms with Crippen LogP contribution in [0, 0.1) is 0 Å². The van der Waals surface area contributed by atoms with Crippen LogP contribution >= 0.6 is 0 Å². The number of hydrogen-bond acceptors (Lipinski definition) is 10. The Morgan fingerprint density at radius 1 is 0.586 bits per heavy atom. The third-order valence-corrected chi connectivity index (χ3v) is 11.8. The van der Waals surface area contributed by atoms with Gasteiger partial charge in [-0.15, -0.1) is 0 Å². The van der Waals surface area contributed by atoms with E-state index in [9.17, 15) is 40.5 Å². The summed E-state index contributed by atoms with van der Waals surface area (Å²) in [6.07, 6.45) is 28.4. The molecule has 0 aromatic carbocycles. The van der Waals surface area contributed by atoms with Gasteiger partial charge in [0, 0.05) is 0 Å². The molecule has 344 valence electrons. The Kier molecular flexibility index (Phi) is 35.6. The molecule has 1 fully saturated rings. The molecule has 0 aliphatic carbocycles. The predicted molar refractivity (Wildman–Crippen MR) is 233 cm³/mol. The van der Waals surface area contributed by atoms with Gasteiger partial charge in [0.25, 0.3) is 0 Å². The van der Waals surface area contributed by atoms with Gasteiger partial charge in [-0.05, 0) is 38.5 Å². The van der Waals surface area contributed by atoms with Crippen LogP contribution in [0.1, 0.15) is 213 Å². The van der Waals surface area contributed by atoms with E-state index in [0.717, 1.165) is 38.5 Å². The molecule has 1 aliphatic heterocycles. The average Bonchev–Trinajstić information content (AvgIpc) is 3.22. The molecular formula is C47H91NO10. The molecule has 1 amide bonds. The van der Waals surface area contributed by atoms with Crippen molar-refractivity contribution < 1.29 is 50.0 Å². The maximum atomic E-state index is 13.1. The largest absolute Gasteiger partial charge is 0.394 e. The molecule has 1 aliphatic rings. The van der Waals surface area contributed by atoms with Gasteiger partial charge in [-0.3, -0.25) is 4.79 Å². The summed E-state index contributed by atoms with van der Waals surface area (Å²) in [5.74, 6) is -0.704. The third kappa shape index (κ3) is 26.9. The molecule has 0 aromatic heterocycles. The van der Waals surface area contributed by atoms with Crippen LogP contribution in [0.4, 0.5) is 0 Å². The summed E-state index contributed by atoms with van der Waals surface area (Å²) < 4.78 is 11.1. The number of carbonyl (C=O) groups is 1. The number of aliphatic hydroxyl groups is 7. The van der Waals surface area contributed by atoms with E-state index in [-0.39, 0.29) is 12.8 Å². The van der Waals surface area contributed by atoms with E-state index in [1.165, 1.54) is 135 Å². The zero-order chi connectivity index (χ0) is 42.6. The molecule has 9 atom stereocenters. The summed E-state index contributed by atoms with van der Waals surface area (Å²) in [5, 5.41) is 75.6. The van der Waals surface area contributed by atoms with E-state index in [0.29, 0.717) is 12.8 Å². The van der Waals surface area contributed by atoms with E-state index < -0.39 is 74.2 Å². The molecule has 1 rings (SSSR count). The molecule has 58 heavy (non-hydrogen) atoms. The Bertz CT molecular complexity index is 954. The zero-order valence-electron chi connectivity index (χ0n) is 37.0. The summed E-state index contributed by atoms with van der Waals surface area (Å²) in [4.78, 5) is 13.1. The van der Waals surface area contributed by atoms with E-state index in [2.05, 4.69) is 31.3 Å². The molecule has 0 bridgehead atoms. The molecule has 1 saturated heterocycles. The second kappa shape index (κ2) is 37.6. The number of amides is 1. The van der Waals surface area contributed by atoms with Gasteiger partial charge < -0.3 is 50.5 Å². The van der Waals surface area contributed by atoms with Crippen LogP contribution in [-0.2, 0) is 14.3 Å². The lowest BCUT2D eigenvalue weighted by Crippen LogP contribution is -2.60. The Hall–Kier alpha value is -1.15. The van der Waals surface area contributed by atoms with Crippen molar-refractivity contribution in [2.24, 2.45) is 0 Å². The summed E-state index contributed by atoms with van der Waals surface area (Å²) in [6.45, 7) is 3.42. The first-order valence-electron chi connectivity index (χ1n) is 24.1. The minimum Gasteiger partial charge on any atom is -0.394 e. The maximum Gasteiger partial charge on any atom is 0.249 e. The average molecular weight is 830 g/mol. The van der Waals surface area contributed by atoms with Gasteiger partial charge in [0.2, 0.25) is 5.91 Å². The van der Waals surface area contributed by atoms with Crippen molar-refractivity contribution in [1.29, 1.82) is 0 Å². The van der Waals surface area contributed by atoms with E-state index in [4.69, 9.17) is 9.47 Å². The molecule has 8 N–H and O–H groups in total. The van der Waals surface area contributed by atoms with E-state index in [1.54, 1.807) is 0 Å². The summed E-state index contributed by atoms with van der Waals surface area (Å²) in [6, 6.07) is -1.18. The molecule has 0 radical (unpaired) electrons. The number of aliphatic hydroxyl groups excluding tert-OH is 7. The summed E-state index contributed by atoms with van der Waals surface area (Å²) in [7, 11) is 0. The molecular weight excluding hydrogens is 739 g/mol. The SMILES string of the molecule is CCCCCCCCCC=CCCCC(O)C(O)C(COC1OC(CO)C(O)C(O)C1O)NC(=O)C(O)CCCCCCCCCCCCCCCCCCCCC. The number of allylic oxidation sites excluding steroid dienone is 2. The zero-order valence-corrected chi connectivity index (χ0v) is 37.0. The molecule has 0 aromatic rings. The van der Waals surface area contributed by atoms with Crippen molar-refractivity contribution >= 4 is 5.91 Å². The fraction of sp³-hybridized carbons (Fsp3) is 0.936. The highest BCUT2D eigenvalue weighted by Gasteiger charge is 2.44. The topological polar surface area (TPSA) is 189 Å². The third-order valence-electron chi connectivity index (χ3n) is 11.8. The molecule has 9 unspecified atom stereocenters. The number of hydrogen-bond donors (Lipinski definition) is 8. The van der Waals surface area contributed by atoms with Gasteiger partial charge in [-0.2, -0.15) is 0 Å². The minimum atomic E-state index is -1.66. The number of unbranched alkanes of at least 4 members (excludes halogenated alkanes) is 26. The van der Waals surface area contributed by atoms with Crippen LogP contribution in [0.5, 0.6) is 0 Å². The van der Waals surface area contributed by atoms with Gasteiger partial charge in [0.1, 0.15) is 36.6 Å². The number of nitrogens with one attached hydrogen (secondary N) is 1. The highest BCUT2D eigenvalue weighted by molar-refractivity contribution is 5.80. The first kappa shape index (κ1) is 54.9. The van der Waals surface area contributed by atoms with Crippen LogP contribution in [0.25, 0.3) is 0 Å². The van der Waals surface area contributed by atoms with Crippen LogP contribution in [0.15, 0.2) is 12.2 Å². The second-order valence-corrected chi connectivity index (χ2v) is 17.2. The smallest absolute Gasteiger partial charge is 0.249 e. The van der Waals surface area contributed by atoms with E-state index in [1.807, 2.05) is 0 Å². The normalized spacial score (nSPS) is 22.0. The van der Waals surface area contributed by atoms with Crippen molar-refractivity contribution in [3.05, 3.63) is 12.2 Å². The van der Waals surface area contributed by atoms with E-state index >= 15 is 0 Å².